The van der Waals surface area contributed by atoms with Crippen LogP contribution in [0.15, 0.2) is 65.8 Å². The first-order chi connectivity index (χ1) is 12.7. The van der Waals surface area contributed by atoms with Crippen molar-refractivity contribution < 1.29 is 4.74 Å². The topological polar surface area (TPSA) is 81.8 Å². The Morgan fingerprint density at radius 1 is 0.962 bits per heavy atom. The van der Waals surface area contributed by atoms with Crippen molar-refractivity contribution in [2.75, 3.05) is 7.11 Å². The number of rotatable bonds is 4. The van der Waals surface area contributed by atoms with Gasteiger partial charge in [0.15, 0.2) is 0 Å². The number of hydrogen-bond acceptors (Lipinski definition) is 3. The maximum Gasteiger partial charge on any atom is 0.118 e. The molecule has 0 aliphatic heterocycles. The zero-order chi connectivity index (χ0) is 18.5. The van der Waals surface area contributed by atoms with Crippen LogP contribution in [0.4, 0.5) is 5.69 Å². The average Bonchev–Trinajstić information content (AvgIpc) is 2.69. The largest absolute Gasteiger partial charge is 0.497 e. The zero-order valence-electron chi connectivity index (χ0n) is 14.5. The Hall–Kier alpha value is -3.74. The van der Waals surface area contributed by atoms with Crippen LogP contribution in [0.25, 0.3) is 32.7 Å². The molecule has 5 nitrogen and oxygen atoms in total. The Labute approximate surface area is 151 Å². The van der Waals surface area contributed by atoms with Gasteiger partial charge in [0.1, 0.15) is 5.75 Å². The Balaban J connectivity index is 2.24. The van der Waals surface area contributed by atoms with Gasteiger partial charge < -0.3 is 4.74 Å². The van der Waals surface area contributed by atoms with Crippen LogP contribution in [-0.2, 0) is 0 Å². The molecular formula is C21H16N4O. The first-order valence-electron chi connectivity index (χ1n) is 8.01. The third-order valence-corrected chi connectivity index (χ3v) is 4.16. The van der Waals surface area contributed by atoms with Crippen LogP contribution < -0.4 is 4.74 Å². The molecule has 0 spiro atoms. The highest BCUT2D eigenvalue weighted by atomic mass is 16.5. The van der Waals surface area contributed by atoms with E-state index < -0.39 is 0 Å². The minimum atomic E-state index is 0.340. The molecule has 0 saturated heterocycles. The highest BCUT2D eigenvalue weighted by molar-refractivity contribution is 5.85. The monoisotopic (exact) mass is 340 g/mol. The number of hydrogen-bond donors (Lipinski definition) is 0. The molecule has 0 unspecified atom stereocenters. The smallest absolute Gasteiger partial charge is 0.118 e. The van der Waals surface area contributed by atoms with E-state index in [1.807, 2.05) is 61.5 Å². The summed E-state index contributed by atoms with van der Waals surface area (Å²) in [6.45, 7) is 2.01. The number of benzene rings is 3. The molecule has 0 radical (unpaired) electrons. The third-order valence-electron chi connectivity index (χ3n) is 4.16. The number of methoxy groups -OCH3 is 1. The van der Waals surface area contributed by atoms with Crippen LogP contribution in [0.1, 0.15) is 11.1 Å². The molecule has 26 heavy (non-hydrogen) atoms. The van der Waals surface area contributed by atoms with Gasteiger partial charge in [-0.3, -0.25) is 0 Å². The lowest BCUT2D eigenvalue weighted by Crippen LogP contribution is -1.88. The maximum absolute atomic E-state index is 9.56. The van der Waals surface area contributed by atoms with Crippen molar-refractivity contribution in [3.63, 3.8) is 0 Å². The second kappa shape index (κ2) is 7.43. The molecule has 0 aliphatic carbocycles. The van der Waals surface area contributed by atoms with Gasteiger partial charge in [0.05, 0.1) is 24.4 Å². The van der Waals surface area contributed by atoms with Crippen molar-refractivity contribution in [3.8, 4) is 34.1 Å². The summed E-state index contributed by atoms with van der Waals surface area (Å²) < 4.78 is 5.20. The summed E-state index contributed by atoms with van der Waals surface area (Å²) in [4.78, 5) is 2.90. The summed E-state index contributed by atoms with van der Waals surface area (Å²) in [6.07, 6.45) is 0. The molecule has 0 atom stereocenters. The van der Waals surface area contributed by atoms with Gasteiger partial charge in [0, 0.05) is 4.91 Å². The Kier molecular flexibility index (Phi) is 4.89. The Morgan fingerprint density at radius 3 is 2.19 bits per heavy atom. The molecule has 0 fully saturated rings. The van der Waals surface area contributed by atoms with Crippen LogP contribution in [0, 0.1) is 18.3 Å². The molecule has 3 aromatic rings. The summed E-state index contributed by atoms with van der Waals surface area (Å²) in [5.41, 5.74) is 14.2. The predicted octanol–water partition coefficient (Wildman–Crippen LogP) is 6.15. The molecule has 126 valence electrons. The van der Waals surface area contributed by atoms with Crippen LogP contribution in [0.3, 0.4) is 0 Å². The molecule has 0 aliphatic rings. The number of nitrogens with zero attached hydrogens (tertiary/aromatic N) is 4. The van der Waals surface area contributed by atoms with E-state index in [9.17, 15) is 5.26 Å². The van der Waals surface area contributed by atoms with Crippen molar-refractivity contribution in [2.24, 2.45) is 5.11 Å². The number of aryl methyl sites for hydroxylation is 1. The van der Waals surface area contributed by atoms with Crippen molar-refractivity contribution in [3.05, 3.63) is 82.2 Å². The van der Waals surface area contributed by atoms with E-state index in [0.29, 0.717) is 11.3 Å². The quantitative estimate of drug-likeness (QED) is 0.324. The Bertz CT molecular complexity index is 1030. The molecule has 3 rings (SSSR count). The molecule has 0 bridgehead atoms. The average molecular weight is 340 g/mol. The van der Waals surface area contributed by atoms with Gasteiger partial charge in [-0.1, -0.05) is 47.1 Å². The standard InChI is InChI=1S/C21H16N4O/c1-14-3-5-16(6-4-14)20-12-17(11-18(13-22)21(20)24-25-23)15-7-9-19(26-2)10-8-15/h3-12H,1-2H3. The summed E-state index contributed by atoms with van der Waals surface area (Å²) in [5, 5.41) is 13.3. The van der Waals surface area contributed by atoms with Gasteiger partial charge in [-0.2, -0.15) is 5.26 Å². The first kappa shape index (κ1) is 17.1. The minimum Gasteiger partial charge on any atom is -0.497 e. The lowest BCUT2D eigenvalue weighted by molar-refractivity contribution is 0.415. The highest BCUT2D eigenvalue weighted by Crippen LogP contribution is 2.38. The maximum atomic E-state index is 9.56. The molecule has 0 heterocycles. The van der Waals surface area contributed by atoms with Gasteiger partial charge in [-0.15, -0.1) is 0 Å². The summed E-state index contributed by atoms with van der Waals surface area (Å²) in [5.74, 6) is 0.763. The van der Waals surface area contributed by atoms with Crippen molar-refractivity contribution in [1.82, 2.24) is 0 Å². The van der Waals surface area contributed by atoms with E-state index in [1.54, 1.807) is 13.2 Å². The molecule has 0 saturated carbocycles. The highest BCUT2D eigenvalue weighted by Gasteiger charge is 2.13. The van der Waals surface area contributed by atoms with Crippen LogP contribution in [0.5, 0.6) is 5.75 Å². The van der Waals surface area contributed by atoms with E-state index >= 15 is 0 Å². The normalized spacial score (nSPS) is 9.88. The molecule has 3 aromatic carbocycles. The SMILES string of the molecule is COc1ccc(-c2cc(C#N)c(N=[N+]=[N-])c(-c3ccc(C)cc3)c2)cc1. The van der Waals surface area contributed by atoms with Gasteiger partial charge in [-0.05, 0) is 59.0 Å². The van der Waals surface area contributed by atoms with E-state index in [2.05, 4.69) is 16.1 Å². The summed E-state index contributed by atoms with van der Waals surface area (Å²) >= 11 is 0. The van der Waals surface area contributed by atoms with E-state index in [1.165, 1.54) is 0 Å². The van der Waals surface area contributed by atoms with Crippen LogP contribution in [0.2, 0.25) is 0 Å². The van der Waals surface area contributed by atoms with Crippen molar-refractivity contribution in [1.29, 1.82) is 5.26 Å². The molecule has 0 aromatic heterocycles. The molecular weight excluding hydrogens is 324 g/mol. The lowest BCUT2D eigenvalue weighted by atomic mass is 9.94. The predicted molar refractivity (Wildman–Crippen MR) is 102 cm³/mol. The summed E-state index contributed by atoms with van der Waals surface area (Å²) in [6, 6.07) is 21.3. The second-order valence-electron chi connectivity index (χ2n) is 5.82. The fourth-order valence-corrected chi connectivity index (χ4v) is 2.78. The Morgan fingerprint density at radius 2 is 1.62 bits per heavy atom. The van der Waals surface area contributed by atoms with Gasteiger partial charge >= 0.3 is 0 Å². The van der Waals surface area contributed by atoms with Crippen LogP contribution in [-0.4, -0.2) is 7.11 Å². The second-order valence-corrected chi connectivity index (χ2v) is 5.82. The first-order valence-corrected chi connectivity index (χ1v) is 8.01. The van der Waals surface area contributed by atoms with E-state index in [4.69, 9.17) is 10.3 Å². The van der Waals surface area contributed by atoms with Crippen molar-refractivity contribution >= 4 is 5.69 Å². The lowest BCUT2D eigenvalue weighted by Gasteiger charge is -2.12. The third kappa shape index (κ3) is 3.36. The van der Waals surface area contributed by atoms with Crippen LogP contribution >= 0.6 is 0 Å². The van der Waals surface area contributed by atoms with E-state index in [-0.39, 0.29) is 0 Å². The zero-order valence-corrected chi connectivity index (χ0v) is 14.5. The molecule has 0 amide bonds. The van der Waals surface area contributed by atoms with Gasteiger partial charge in [0.2, 0.25) is 0 Å². The summed E-state index contributed by atoms with van der Waals surface area (Å²) in [7, 11) is 1.62. The molecule has 0 N–H and O–H groups in total. The van der Waals surface area contributed by atoms with Crippen molar-refractivity contribution in [2.45, 2.75) is 6.92 Å². The fraction of sp³-hybridized carbons (Fsp3) is 0.0952. The van der Waals surface area contributed by atoms with E-state index in [0.717, 1.165) is 33.6 Å². The number of ether oxygens (including phenoxy) is 1. The minimum absolute atomic E-state index is 0.340. The number of nitriles is 1. The fourth-order valence-electron chi connectivity index (χ4n) is 2.78. The van der Waals surface area contributed by atoms with Gasteiger partial charge in [-0.25, -0.2) is 0 Å². The van der Waals surface area contributed by atoms with Gasteiger partial charge in [0.25, 0.3) is 0 Å². The molecule has 5 heteroatoms. The number of azide groups is 1.